The number of carbonyl (C=O) groups is 2. The zero-order valence-corrected chi connectivity index (χ0v) is 16.9. The molecule has 0 spiro atoms. The Labute approximate surface area is 169 Å². The van der Waals surface area contributed by atoms with Crippen molar-refractivity contribution in [1.82, 2.24) is 14.1 Å². The standard InChI is InChI=1S/C20H20N4O4S/c1-3-8-29-15-9-12(10-23-14-7-5-4-6-13(14)22-19(23)21)24(20(27)28)17(25)16(15)11(2)18(29)26/h4-7,9,11H,3,8,10H2,1-2H3,(H2-,21,22,27,28). The van der Waals surface area contributed by atoms with Gasteiger partial charge in [0.2, 0.25) is 5.95 Å². The smallest absolute Gasteiger partial charge is 0.344 e. The van der Waals surface area contributed by atoms with E-state index in [-0.39, 0.29) is 28.9 Å². The lowest BCUT2D eigenvalue weighted by Crippen LogP contribution is -2.41. The molecule has 150 valence electrons. The second-order valence-electron chi connectivity index (χ2n) is 7.00. The third kappa shape index (κ3) is 2.93. The molecule has 2 atom stereocenters. The summed E-state index contributed by atoms with van der Waals surface area (Å²) < 4.78 is 2.27. The third-order valence-corrected chi connectivity index (χ3v) is 7.70. The molecule has 0 saturated carbocycles. The highest BCUT2D eigenvalue weighted by atomic mass is 32.2. The van der Waals surface area contributed by atoms with E-state index in [1.165, 1.54) is 0 Å². The van der Waals surface area contributed by atoms with Crippen molar-refractivity contribution >= 4 is 39.1 Å². The number of hydrogen-bond donors (Lipinski definition) is 1. The summed E-state index contributed by atoms with van der Waals surface area (Å²) >= 11 is 0. The number of carbonyl (C=O) groups excluding carboxylic acids is 2. The van der Waals surface area contributed by atoms with Gasteiger partial charge in [-0.05, 0) is 25.5 Å². The molecule has 1 aliphatic heterocycles. The summed E-state index contributed by atoms with van der Waals surface area (Å²) in [6, 6.07) is 8.93. The van der Waals surface area contributed by atoms with Crippen LogP contribution in [-0.2, 0) is 22.2 Å². The van der Waals surface area contributed by atoms with Crippen molar-refractivity contribution in [2.24, 2.45) is 0 Å². The summed E-state index contributed by atoms with van der Waals surface area (Å²) in [5, 5.41) is 11.8. The van der Waals surface area contributed by atoms with Gasteiger partial charge in [0.05, 0.1) is 39.7 Å². The maximum absolute atomic E-state index is 13.0. The van der Waals surface area contributed by atoms with Crippen molar-refractivity contribution in [3.8, 4) is 0 Å². The normalized spacial score (nSPS) is 18.3. The molecule has 0 amide bonds. The van der Waals surface area contributed by atoms with Crippen molar-refractivity contribution in [1.29, 1.82) is 0 Å². The van der Waals surface area contributed by atoms with E-state index in [1.807, 2.05) is 25.1 Å². The first-order valence-corrected chi connectivity index (χ1v) is 10.7. The lowest BCUT2D eigenvalue weighted by atomic mass is 10.0. The Morgan fingerprint density at radius 3 is 2.72 bits per heavy atom. The number of nitrogens with zero attached hydrogens (tertiary/aromatic N) is 3. The number of hydrogen-bond acceptors (Lipinski definition) is 6. The van der Waals surface area contributed by atoms with Crippen molar-refractivity contribution in [2.75, 3.05) is 11.5 Å². The molecule has 0 bridgehead atoms. The monoisotopic (exact) mass is 412 g/mol. The molecule has 1 aliphatic rings. The van der Waals surface area contributed by atoms with E-state index in [0.717, 1.165) is 11.9 Å². The van der Waals surface area contributed by atoms with Crippen molar-refractivity contribution < 1.29 is 14.7 Å². The number of nitrogen functional groups attached to an aromatic ring is 1. The molecule has 2 aromatic heterocycles. The van der Waals surface area contributed by atoms with Crippen LogP contribution in [0, 0.1) is 0 Å². The molecule has 2 N–H and O–H groups in total. The highest BCUT2D eigenvalue weighted by molar-refractivity contribution is 8.11. The van der Waals surface area contributed by atoms with Crippen molar-refractivity contribution in [3.63, 3.8) is 0 Å². The van der Waals surface area contributed by atoms with E-state index in [0.29, 0.717) is 20.7 Å². The Morgan fingerprint density at radius 2 is 2.03 bits per heavy atom. The summed E-state index contributed by atoms with van der Waals surface area (Å²) in [6.45, 7) is 3.66. The van der Waals surface area contributed by atoms with Gasteiger partial charge in [-0.1, -0.05) is 19.1 Å². The summed E-state index contributed by atoms with van der Waals surface area (Å²) in [5.41, 5.74) is 7.21. The number of nitrogens with two attached hydrogens (primary N) is 1. The maximum atomic E-state index is 13.0. The lowest BCUT2D eigenvalue weighted by molar-refractivity contribution is -0.251. The largest absolute Gasteiger partial charge is 0.529 e. The van der Waals surface area contributed by atoms with Gasteiger partial charge in [-0.3, -0.25) is 9.36 Å². The van der Waals surface area contributed by atoms with Gasteiger partial charge in [-0.25, -0.2) is 9.78 Å². The van der Waals surface area contributed by atoms with Crippen LogP contribution in [0.25, 0.3) is 11.0 Å². The molecule has 3 heterocycles. The quantitative estimate of drug-likeness (QED) is 0.639. The van der Waals surface area contributed by atoms with Gasteiger partial charge in [0.25, 0.3) is 5.56 Å². The summed E-state index contributed by atoms with van der Waals surface area (Å²) in [4.78, 5) is 42.5. The zero-order valence-electron chi connectivity index (χ0n) is 16.0. The predicted octanol–water partition coefficient (Wildman–Crippen LogP) is 1.05. The van der Waals surface area contributed by atoms with Gasteiger partial charge in [0.15, 0.2) is 4.90 Å². The number of anilines is 1. The highest BCUT2D eigenvalue weighted by Gasteiger charge is 2.49. The van der Waals surface area contributed by atoms with Crippen molar-refractivity contribution in [2.45, 2.75) is 37.6 Å². The number of carboxylic acid groups (broad SMARTS) is 1. The Bertz CT molecular complexity index is 1210. The van der Waals surface area contributed by atoms with E-state index in [1.54, 1.807) is 23.6 Å². The fourth-order valence-corrected chi connectivity index (χ4v) is 6.24. The average molecular weight is 412 g/mol. The first kappa shape index (κ1) is 19.3. The Hall–Kier alpha value is -3.07. The first-order chi connectivity index (χ1) is 13.8. The lowest BCUT2D eigenvalue weighted by Gasteiger charge is -2.16. The van der Waals surface area contributed by atoms with E-state index in [9.17, 15) is 19.5 Å². The average Bonchev–Trinajstić information content (AvgIpc) is 3.11. The van der Waals surface area contributed by atoms with Gasteiger partial charge >= 0.3 is 5.12 Å². The Balaban J connectivity index is 1.93. The topological polar surface area (TPSA) is 123 Å². The van der Waals surface area contributed by atoms with Gasteiger partial charge in [-0.15, -0.1) is 0 Å². The summed E-state index contributed by atoms with van der Waals surface area (Å²) in [5.74, 6) is 0.229. The molecule has 0 radical (unpaired) electrons. The van der Waals surface area contributed by atoms with Crippen molar-refractivity contribution in [3.05, 3.63) is 51.9 Å². The van der Waals surface area contributed by atoms with E-state index >= 15 is 0 Å². The number of fused-ring (bicyclic) bond motifs is 2. The van der Waals surface area contributed by atoms with Crippen LogP contribution in [0.15, 0.2) is 40.0 Å². The van der Waals surface area contributed by atoms with Crippen LogP contribution in [0.4, 0.5) is 10.7 Å². The van der Waals surface area contributed by atoms with Gasteiger partial charge in [0, 0.05) is 6.07 Å². The molecule has 0 aliphatic carbocycles. The molecule has 0 saturated heterocycles. The van der Waals surface area contributed by atoms with Crippen LogP contribution < -0.4 is 16.4 Å². The van der Waals surface area contributed by atoms with Gasteiger partial charge in [0.1, 0.15) is 17.8 Å². The first-order valence-electron chi connectivity index (χ1n) is 9.30. The van der Waals surface area contributed by atoms with Crippen LogP contribution in [0.1, 0.15) is 37.4 Å². The Kier molecular flexibility index (Phi) is 4.70. The molecule has 9 heteroatoms. The number of rotatable bonds is 4. The molecular weight excluding hydrogens is 392 g/mol. The van der Waals surface area contributed by atoms with Crippen LogP contribution in [-0.4, -0.2) is 31.1 Å². The Morgan fingerprint density at radius 1 is 1.31 bits per heavy atom. The molecule has 3 aromatic rings. The summed E-state index contributed by atoms with van der Waals surface area (Å²) in [6.07, 6.45) is -0.836. The molecule has 0 fully saturated rings. The maximum Gasteiger partial charge on any atom is 0.344 e. The number of aromatic nitrogens is 3. The van der Waals surface area contributed by atoms with E-state index < -0.39 is 28.5 Å². The van der Waals surface area contributed by atoms with Gasteiger partial charge < -0.3 is 20.2 Å². The number of para-hydroxylation sites is 2. The fourth-order valence-electron chi connectivity index (χ4n) is 3.85. The van der Waals surface area contributed by atoms with Gasteiger partial charge in [-0.2, -0.15) is 0 Å². The second-order valence-corrected chi connectivity index (χ2v) is 9.03. The molecule has 8 nitrogen and oxygen atoms in total. The van der Waals surface area contributed by atoms with E-state index in [2.05, 4.69) is 4.98 Å². The molecular formula is C20H20N4O4S. The number of benzene rings is 1. The highest BCUT2D eigenvalue weighted by Crippen LogP contribution is 2.36. The predicted molar refractivity (Wildman–Crippen MR) is 109 cm³/mol. The molecule has 1 aromatic carbocycles. The second kappa shape index (κ2) is 7.07. The minimum Gasteiger partial charge on any atom is -0.529 e. The number of imidazole rings is 1. The SMILES string of the molecule is CCC[S+]1C(=O)C(C)c2c1cc(Cn1c(N)nc3ccccc31)n(C(=O)[O-])c2=O. The van der Waals surface area contributed by atoms with E-state index in [4.69, 9.17) is 5.73 Å². The molecule has 2 unspecified atom stereocenters. The molecule has 29 heavy (non-hydrogen) atoms. The summed E-state index contributed by atoms with van der Waals surface area (Å²) in [7, 11) is -0.722. The third-order valence-electron chi connectivity index (χ3n) is 5.17. The van der Waals surface area contributed by atoms with Crippen LogP contribution in [0.3, 0.4) is 0 Å². The number of pyridine rings is 1. The minimum atomic E-state index is -1.63. The molecule has 4 rings (SSSR count). The van der Waals surface area contributed by atoms with Crippen LogP contribution >= 0.6 is 0 Å². The minimum absolute atomic E-state index is 0.0198. The fraction of sp³-hybridized carbons (Fsp3) is 0.300. The van der Waals surface area contributed by atoms with Crippen LogP contribution in [0.2, 0.25) is 0 Å². The zero-order chi connectivity index (χ0) is 20.9. The van der Waals surface area contributed by atoms with Crippen LogP contribution in [0.5, 0.6) is 0 Å².